The minimum absolute atomic E-state index is 0.0136. The summed E-state index contributed by atoms with van der Waals surface area (Å²) in [5.41, 5.74) is -0.236. The average molecular weight is 481 g/mol. The van der Waals surface area contributed by atoms with Crippen LogP contribution in [0.3, 0.4) is 0 Å². The van der Waals surface area contributed by atoms with Crippen LogP contribution in [0.15, 0.2) is 12.1 Å². The zero-order chi connectivity index (χ0) is 23.4. The maximum Gasteiger partial charge on any atom is 0.410 e. The second-order valence-corrected chi connectivity index (χ2v) is 11.2. The summed E-state index contributed by atoms with van der Waals surface area (Å²) in [6.45, 7) is 11.0. The van der Waals surface area contributed by atoms with Gasteiger partial charge in [-0.25, -0.2) is 4.79 Å². The maximum atomic E-state index is 12.7. The molecule has 1 aromatic carbocycles. The summed E-state index contributed by atoms with van der Waals surface area (Å²) in [5, 5.41) is 20.2. The van der Waals surface area contributed by atoms with Crippen molar-refractivity contribution in [3.63, 3.8) is 0 Å². The molecule has 9 heteroatoms. The third kappa shape index (κ3) is 4.29. The zero-order valence-corrected chi connectivity index (χ0v) is 20.7. The molecule has 1 N–H and O–H groups in total. The largest absolute Gasteiger partial charge is 0.508 e. The number of phenolic OH excluding ortho intramolecular Hbond substituents is 1. The number of benzene rings is 1. The number of piperidine rings is 1. The Hall–Kier alpha value is -1.99. The summed E-state index contributed by atoms with van der Waals surface area (Å²) >= 11 is 12.6. The molecule has 1 saturated heterocycles. The molecule has 2 atom stereocenters. The van der Waals surface area contributed by atoms with Crippen molar-refractivity contribution >= 4 is 29.3 Å². The lowest BCUT2D eigenvalue weighted by atomic mass is 9.82. The number of aromatic hydroxyl groups is 1. The van der Waals surface area contributed by atoms with Crippen molar-refractivity contribution in [1.82, 2.24) is 19.7 Å². The van der Waals surface area contributed by atoms with Gasteiger partial charge in [-0.05, 0) is 59.6 Å². The average Bonchev–Trinajstić information content (AvgIpc) is 3.23. The van der Waals surface area contributed by atoms with Gasteiger partial charge in [0.05, 0.1) is 10.0 Å². The smallest absolute Gasteiger partial charge is 0.410 e. The lowest BCUT2D eigenvalue weighted by Gasteiger charge is -2.45. The summed E-state index contributed by atoms with van der Waals surface area (Å²) in [7, 11) is 0. The Kier molecular flexibility index (Phi) is 5.87. The number of ether oxygens (including phenoxy) is 1. The van der Waals surface area contributed by atoms with Gasteiger partial charge in [0.2, 0.25) is 0 Å². The molecule has 2 unspecified atom stereocenters. The van der Waals surface area contributed by atoms with Gasteiger partial charge >= 0.3 is 6.09 Å². The number of halogens is 2. The number of rotatable bonds is 2. The normalized spacial score (nSPS) is 22.7. The quantitative estimate of drug-likeness (QED) is 0.611. The third-order valence-electron chi connectivity index (χ3n) is 6.36. The lowest BCUT2D eigenvalue weighted by Crippen LogP contribution is -2.53. The van der Waals surface area contributed by atoms with Crippen LogP contribution in [-0.2, 0) is 17.7 Å². The van der Waals surface area contributed by atoms with Gasteiger partial charge in [-0.15, -0.1) is 10.2 Å². The van der Waals surface area contributed by atoms with Crippen LogP contribution in [0.25, 0.3) is 0 Å². The Morgan fingerprint density at radius 1 is 1.22 bits per heavy atom. The number of hydrogen-bond donors (Lipinski definition) is 1. The molecule has 0 spiro atoms. The predicted molar refractivity (Wildman–Crippen MR) is 124 cm³/mol. The van der Waals surface area contributed by atoms with Crippen molar-refractivity contribution in [2.75, 3.05) is 6.54 Å². The first-order valence-corrected chi connectivity index (χ1v) is 11.7. The summed E-state index contributed by atoms with van der Waals surface area (Å²) in [6, 6.07) is 3.18. The van der Waals surface area contributed by atoms with Gasteiger partial charge in [0, 0.05) is 42.4 Å². The molecular formula is C23H30Cl2N4O3. The molecule has 7 nitrogen and oxygen atoms in total. The first-order valence-electron chi connectivity index (χ1n) is 11.0. The summed E-state index contributed by atoms with van der Waals surface area (Å²) in [4.78, 5) is 14.5. The Bertz CT molecular complexity index is 1040. The highest BCUT2D eigenvalue weighted by Gasteiger charge is 2.42. The molecule has 0 bridgehead atoms. The monoisotopic (exact) mass is 480 g/mol. The minimum Gasteiger partial charge on any atom is -0.508 e. The van der Waals surface area contributed by atoms with Crippen molar-refractivity contribution in [1.29, 1.82) is 0 Å². The van der Waals surface area contributed by atoms with Crippen LogP contribution in [0.5, 0.6) is 5.75 Å². The molecule has 4 rings (SSSR count). The van der Waals surface area contributed by atoms with Gasteiger partial charge in [0.25, 0.3) is 0 Å². The van der Waals surface area contributed by atoms with E-state index in [1.54, 1.807) is 12.1 Å². The molecule has 2 aliphatic rings. The summed E-state index contributed by atoms with van der Waals surface area (Å²) < 4.78 is 7.76. The molecule has 0 saturated carbocycles. The molecule has 1 fully saturated rings. The van der Waals surface area contributed by atoms with Crippen molar-refractivity contribution in [2.45, 2.75) is 83.4 Å². The van der Waals surface area contributed by atoms with Crippen molar-refractivity contribution in [3.8, 4) is 5.75 Å². The first kappa shape index (κ1) is 23.2. The van der Waals surface area contributed by atoms with E-state index >= 15 is 0 Å². The zero-order valence-electron chi connectivity index (χ0n) is 19.2. The second kappa shape index (κ2) is 8.10. The topological polar surface area (TPSA) is 80.5 Å². The molecule has 1 aromatic heterocycles. The number of fused-ring (bicyclic) bond motifs is 1. The summed E-state index contributed by atoms with van der Waals surface area (Å²) in [5.74, 6) is 2.12. The maximum absolute atomic E-state index is 12.7. The van der Waals surface area contributed by atoms with E-state index in [0.29, 0.717) is 35.1 Å². The standard InChI is InChI=1S/C23H30Cl2N4O3/c1-22(2,3)32-21(31)29-9-8-13(11-23(29,4)5)20-27-26-17-10-14(12-28(17)20)18-16(30)7-6-15(24)19(18)25/h6-7,13-14,30H,8-12H2,1-5H3. The molecule has 1 amide bonds. The number of likely N-dealkylation sites (tertiary alicyclic amines) is 1. The van der Waals surface area contributed by atoms with Gasteiger partial charge in [-0.2, -0.15) is 0 Å². The highest BCUT2D eigenvalue weighted by atomic mass is 35.5. The SMILES string of the molecule is CC(C)(C)OC(=O)N1CCC(c2nnc3n2CC(c2c(O)ccc(Cl)c2Cl)C3)CC1(C)C. The Morgan fingerprint density at radius 2 is 1.94 bits per heavy atom. The molecule has 32 heavy (non-hydrogen) atoms. The molecule has 0 aliphatic carbocycles. The van der Waals surface area contributed by atoms with Crippen LogP contribution >= 0.6 is 23.2 Å². The number of hydrogen-bond acceptors (Lipinski definition) is 5. The van der Waals surface area contributed by atoms with Crippen LogP contribution in [-0.4, -0.2) is 48.5 Å². The molecule has 0 radical (unpaired) electrons. The number of carbonyl (C=O) groups excluding carboxylic acids is 1. The van der Waals surface area contributed by atoms with E-state index in [4.69, 9.17) is 27.9 Å². The Labute approximate surface area is 198 Å². The van der Waals surface area contributed by atoms with Crippen molar-refractivity contribution < 1.29 is 14.6 Å². The van der Waals surface area contributed by atoms with E-state index in [9.17, 15) is 9.90 Å². The van der Waals surface area contributed by atoms with E-state index in [0.717, 1.165) is 24.5 Å². The van der Waals surface area contributed by atoms with Gasteiger partial charge < -0.3 is 19.3 Å². The second-order valence-electron chi connectivity index (χ2n) is 10.4. The highest BCUT2D eigenvalue weighted by Crippen LogP contribution is 2.44. The minimum atomic E-state index is -0.528. The van der Waals surface area contributed by atoms with Crippen LogP contribution in [0, 0.1) is 0 Å². The molecular weight excluding hydrogens is 451 g/mol. The van der Waals surface area contributed by atoms with Gasteiger partial charge in [0.15, 0.2) is 0 Å². The Balaban J connectivity index is 1.52. The van der Waals surface area contributed by atoms with Crippen molar-refractivity contribution in [3.05, 3.63) is 39.4 Å². The highest BCUT2D eigenvalue weighted by molar-refractivity contribution is 6.42. The fourth-order valence-electron chi connectivity index (χ4n) is 4.92. The van der Waals surface area contributed by atoms with Gasteiger partial charge in [-0.1, -0.05) is 23.2 Å². The molecule has 174 valence electrons. The number of amides is 1. The third-order valence-corrected chi connectivity index (χ3v) is 7.18. The van der Waals surface area contributed by atoms with Crippen LogP contribution in [0.4, 0.5) is 4.79 Å². The Morgan fingerprint density at radius 3 is 2.59 bits per heavy atom. The van der Waals surface area contributed by atoms with E-state index in [-0.39, 0.29) is 29.2 Å². The van der Waals surface area contributed by atoms with Crippen LogP contribution in [0.2, 0.25) is 10.0 Å². The first-order chi connectivity index (χ1) is 14.9. The van der Waals surface area contributed by atoms with E-state index in [1.807, 2.05) is 25.7 Å². The van der Waals surface area contributed by atoms with Gasteiger partial charge in [0.1, 0.15) is 23.0 Å². The number of phenols is 1. The van der Waals surface area contributed by atoms with Crippen LogP contribution in [0.1, 0.15) is 76.5 Å². The van der Waals surface area contributed by atoms with Crippen molar-refractivity contribution in [2.24, 2.45) is 0 Å². The number of carbonyl (C=O) groups is 1. The predicted octanol–water partition coefficient (Wildman–Crippen LogP) is 5.52. The fourth-order valence-corrected chi connectivity index (χ4v) is 5.40. The molecule has 2 aromatic rings. The number of nitrogens with zero attached hydrogens (tertiary/aromatic N) is 4. The molecule has 2 aliphatic heterocycles. The van der Waals surface area contributed by atoms with Gasteiger partial charge in [-0.3, -0.25) is 0 Å². The van der Waals surface area contributed by atoms with E-state index in [2.05, 4.69) is 28.6 Å². The summed E-state index contributed by atoms with van der Waals surface area (Å²) in [6.07, 6.45) is 1.91. The lowest BCUT2D eigenvalue weighted by molar-refractivity contribution is -0.00991. The number of aromatic nitrogens is 3. The fraction of sp³-hybridized carbons (Fsp3) is 0.609. The van der Waals surface area contributed by atoms with E-state index in [1.165, 1.54) is 0 Å². The molecule has 3 heterocycles. The van der Waals surface area contributed by atoms with Crippen LogP contribution < -0.4 is 0 Å². The van der Waals surface area contributed by atoms with E-state index < -0.39 is 5.60 Å².